The molecule has 0 radical (unpaired) electrons. The fraction of sp³-hybridized carbons (Fsp3) is 0.611. The van der Waals surface area contributed by atoms with E-state index in [0.29, 0.717) is 11.1 Å². The Morgan fingerprint density at radius 1 is 0.860 bits per heavy atom. The standard InChI is InChI=1S/C17H31BrSi.C17H19BrSi.2CH3.2ClH.Zr/c2*1-12-11-15-14(9-6-10-16(15)18)17(12)19(2,3)13-7-4-5-8-13;;;;;/h12-17H,4-11H2,1-3H3;4-11,13,17H,1-3H3;2*1H3;2*1H;/q;;2*-1;;;+4/p-2. The summed E-state index contributed by atoms with van der Waals surface area (Å²) in [5.74, 6) is 3.10. The third-order valence-electron chi connectivity index (χ3n) is 11.6. The molecule has 0 amide bonds. The Balaban J connectivity index is 0.000000264. The number of alkyl halides is 1. The summed E-state index contributed by atoms with van der Waals surface area (Å²) >= 11 is 6.89. The van der Waals surface area contributed by atoms with Crippen molar-refractivity contribution >= 4 is 71.1 Å². The van der Waals surface area contributed by atoms with Crippen molar-refractivity contribution in [3.05, 3.63) is 78.5 Å². The van der Waals surface area contributed by atoms with Gasteiger partial charge in [0.05, 0.1) is 16.1 Å². The predicted molar refractivity (Wildman–Crippen MR) is 205 cm³/mol. The number of allylic oxidation sites excluding steroid dienone is 5. The summed E-state index contributed by atoms with van der Waals surface area (Å²) in [5, 5.41) is 0. The molecule has 6 atom stereocenters. The van der Waals surface area contributed by atoms with Crippen LogP contribution in [0.2, 0.25) is 42.8 Å². The van der Waals surface area contributed by atoms with E-state index in [-0.39, 0.29) is 14.9 Å². The molecule has 1 aromatic carbocycles. The van der Waals surface area contributed by atoms with Gasteiger partial charge in [-0.2, -0.15) is 0 Å². The van der Waals surface area contributed by atoms with Gasteiger partial charge in [-0.1, -0.05) is 152 Å². The molecule has 0 N–H and O–H groups in total. The van der Waals surface area contributed by atoms with E-state index in [1.165, 1.54) is 53.3 Å². The van der Waals surface area contributed by atoms with Crippen molar-refractivity contribution in [2.45, 2.75) is 118 Å². The topological polar surface area (TPSA) is 0 Å². The molecule has 0 heterocycles. The second-order valence-electron chi connectivity index (χ2n) is 14.6. The van der Waals surface area contributed by atoms with E-state index in [1.807, 2.05) is 0 Å². The van der Waals surface area contributed by atoms with Gasteiger partial charge >= 0.3 is 37.9 Å². The molecule has 1 aromatic rings. The maximum absolute atomic E-state index is 4.93. The fourth-order valence-corrected chi connectivity index (χ4v) is 20.8. The van der Waals surface area contributed by atoms with E-state index in [0.717, 1.165) is 33.7 Å². The second kappa shape index (κ2) is 17.6. The van der Waals surface area contributed by atoms with Crippen molar-refractivity contribution in [2.24, 2.45) is 17.8 Å². The van der Waals surface area contributed by atoms with E-state index < -0.39 is 37.0 Å². The fourth-order valence-electron chi connectivity index (χ4n) is 9.86. The molecule has 0 aromatic heterocycles. The van der Waals surface area contributed by atoms with Crippen LogP contribution >= 0.6 is 48.9 Å². The minimum atomic E-state index is -1.44. The normalized spacial score (nSPS) is 29.6. The van der Waals surface area contributed by atoms with Crippen molar-refractivity contribution in [3.63, 3.8) is 0 Å². The van der Waals surface area contributed by atoms with Crippen LogP contribution < -0.4 is 0 Å². The Kier molecular flexibility index (Phi) is 16.6. The van der Waals surface area contributed by atoms with Gasteiger partial charge in [-0.05, 0) is 71.3 Å². The van der Waals surface area contributed by atoms with E-state index in [1.54, 1.807) is 19.3 Å². The van der Waals surface area contributed by atoms with Crippen molar-refractivity contribution in [1.82, 2.24) is 0 Å². The summed E-state index contributed by atoms with van der Waals surface area (Å²) < 4.78 is 1.23. The number of halogens is 4. The number of fused-ring (bicyclic) bond motifs is 2. The van der Waals surface area contributed by atoms with Crippen molar-refractivity contribution in [1.29, 1.82) is 0 Å². The zero-order valence-corrected chi connectivity index (χ0v) is 37.0. The van der Waals surface area contributed by atoms with Crippen LogP contribution in [0.1, 0.15) is 81.9 Å². The van der Waals surface area contributed by atoms with Crippen molar-refractivity contribution in [3.8, 4) is 0 Å². The monoisotopic (exact) mass is 862 g/mol. The molecular weight excluding hydrogens is 811 g/mol. The Morgan fingerprint density at radius 3 is 2.07 bits per heavy atom. The van der Waals surface area contributed by atoms with E-state index in [4.69, 9.17) is 17.0 Å². The Labute approximate surface area is 303 Å². The van der Waals surface area contributed by atoms with Gasteiger partial charge in [-0.15, -0.1) is 0 Å². The maximum atomic E-state index is 4.93. The molecule has 0 nitrogen and oxygen atoms in total. The molecule has 0 aliphatic heterocycles. The van der Waals surface area contributed by atoms with Crippen LogP contribution in [-0.2, 0) is 20.8 Å². The van der Waals surface area contributed by atoms with Crippen molar-refractivity contribution in [2.75, 3.05) is 0 Å². The van der Waals surface area contributed by atoms with E-state index in [9.17, 15) is 0 Å². The first kappa shape index (κ1) is 40.5. The van der Waals surface area contributed by atoms with Gasteiger partial charge in [-0.25, -0.2) is 0 Å². The van der Waals surface area contributed by atoms with Gasteiger partial charge in [0.1, 0.15) is 0 Å². The number of benzene rings is 1. The van der Waals surface area contributed by atoms with E-state index in [2.05, 4.69) is 120 Å². The Hall–Kier alpha value is 1.30. The number of rotatable bonds is 4. The van der Waals surface area contributed by atoms with Gasteiger partial charge in [0.25, 0.3) is 0 Å². The van der Waals surface area contributed by atoms with E-state index >= 15 is 0 Å². The number of hydrogen-bond donors (Lipinski definition) is 0. The van der Waals surface area contributed by atoms with Crippen LogP contribution in [0.15, 0.2) is 52.5 Å². The van der Waals surface area contributed by atoms with Gasteiger partial charge in [-0.3, -0.25) is 0 Å². The Morgan fingerprint density at radius 2 is 1.47 bits per heavy atom. The molecule has 240 valence electrons. The summed E-state index contributed by atoms with van der Waals surface area (Å²) in [7, 11) is 7.37. The first-order valence-electron chi connectivity index (χ1n) is 15.9. The predicted octanol–water partition coefficient (Wildman–Crippen LogP) is 14.2. The minimum absolute atomic E-state index is 0. The first-order valence-corrected chi connectivity index (χ1v) is 30.2. The zero-order valence-electron chi connectivity index (χ0n) is 27.9. The van der Waals surface area contributed by atoms with Crippen LogP contribution in [0.4, 0.5) is 0 Å². The average molecular weight is 867 g/mol. The summed E-state index contributed by atoms with van der Waals surface area (Å²) in [4.78, 5) is 0.840. The molecular formula is C36H56Br2Cl2Si2Zr. The van der Waals surface area contributed by atoms with Gasteiger partial charge < -0.3 is 14.9 Å². The first-order chi connectivity index (χ1) is 19.4. The van der Waals surface area contributed by atoms with Crippen LogP contribution in [0.25, 0.3) is 6.08 Å². The molecule has 0 spiro atoms. The van der Waals surface area contributed by atoms with Crippen LogP contribution in [0.5, 0.6) is 0 Å². The summed E-state index contributed by atoms with van der Waals surface area (Å²) in [6.07, 6.45) is 23.7. The molecule has 3 saturated carbocycles. The zero-order chi connectivity index (χ0) is 29.9. The van der Waals surface area contributed by atoms with Crippen molar-refractivity contribution < 1.29 is 20.8 Å². The Bertz CT molecular complexity index is 1120. The average Bonchev–Trinajstić information content (AvgIpc) is 3.71. The molecule has 0 bridgehead atoms. The molecule has 5 aliphatic carbocycles. The SMILES string of the molecule is CC1=Cc2c(Br)cccc2C1[Si](C)(C)C1C=CC=C1.CC1CC2C(Br)CCCC2C1[Si](C)(C)C1CCCC1.[CH3-].[CH3-].[Cl][Zr+2][Cl]. The molecule has 6 unspecified atom stereocenters. The molecule has 43 heavy (non-hydrogen) atoms. The van der Waals surface area contributed by atoms with Gasteiger partial charge in [0, 0.05) is 14.8 Å². The third-order valence-corrected chi connectivity index (χ3v) is 23.2. The van der Waals surface area contributed by atoms with Gasteiger partial charge in [0.2, 0.25) is 0 Å². The van der Waals surface area contributed by atoms with Crippen LogP contribution in [0.3, 0.4) is 0 Å². The third kappa shape index (κ3) is 8.86. The molecule has 3 fully saturated rings. The van der Waals surface area contributed by atoms with Crippen LogP contribution in [-0.4, -0.2) is 21.0 Å². The molecule has 0 saturated heterocycles. The quantitative estimate of drug-likeness (QED) is 0.161. The summed E-state index contributed by atoms with van der Waals surface area (Å²) in [6, 6.07) is 6.64. The summed E-state index contributed by atoms with van der Waals surface area (Å²) in [5.41, 5.74) is 8.03. The van der Waals surface area contributed by atoms with Crippen LogP contribution in [0, 0.1) is 32.6 Å². The number of hydrogen-bond acceptors (Lipinski definition) is 0. The molecule has 7 heteroatoms. The second-order valence-corrected chi connectivity index (χ2v) is 30.3. The van der Waals surface area contributed by atoms with Gasteiger partial charge in [0.15, 0.2) is 0 Å². The molecule has 5 aliphatic rings. The molecule has 6 rings (SSSR count). The summed E-state index contributed by atoms with van der Waals surface area (Å²) in [6.45, 7) is 15.4.